The number of rotatable bonds is 5. The number of esters is 1. The maximum absolute atomic E-state index is 11.8. The normalized spacial score (nSPS) is 10.2. The third-order valence-corrected chi connectivity index (χ3v) is 3.89. The molecule has 4 nitrogen and oxygen atoms in total. The third kappa shape index (κ3) is 5.53. The van der Waals surface area contributed by atoms with Gasteiger partial charge in [-0.05, 0) is 48.7 Å². The first-order valence-corrected chi connectivity index (χ1v) is 8.00. The molecule has 0 radical (unpaired) electrons. The smallest absolute Gasteiger partial charge is 0.310 e. The number of halogens is 1. The van der Waals surface area contributed by atoms with Crippen LogP contribution in [0.1, 0.15) is 16.7 Å². The monoisotopic (exact) mass is 375 g/mol. The summed E-state index contributed by atoms with van der Waals surface area (Å²) in [6, 6.07) is 13.0. The van der Waals surface area contributed by atoms with Gasteiger partial charge in [0.25, 0.3) is 5.91 Å². The van der Waals surface area contributed by atoms with E-state index in [1.165, 1.54) is 5.56 Å². The van der Waals surface area contributed by atoms with Crippen molar-refractivity contribution in [3.63, 3.8) is 0 Å². The first-order valence-electron chi connectivity index (χ1n) is 7.21. The highest BCUT2D eigenvalue weighted by Crippen LogP contribution is 2.15. The predicted molar refractivity (Wildman–Crippen MR) is 93.4 cm³/mol. The molecule has 0 saturated heterocycles. The lowest BCUT2D eigenvalue weighted by Crippen LogP contribution is -2.21. The minimum atomic E-state index is -0.419. The molecule has 1 N–H and O–H groups in total. The van der Waals surface area contributed by atoms with Crippen LogP contribution in [-0.2, 0) is 20.7 Å². The van der Waals surface area contributed by atoms with Gasteiger partial charge >= 0.3 is 5.97 Å². The Bertz CT molecular complexity index is 728. The van der Waals surface area contributed by atoms with Crippen molar-refractivity contribution in [1.82, 2.24) is 0 Å². The van der Waals surface area contributed by atoms with E-state index in [1.54, 1.807) is 12.1 Å². The number of ether oxygens (including phenoxy) is 1. The molecule has 0 bridgehead atoms. The molecule has 0 aromatic heterocycles. The molecule has 2 rings (SSSR count). The van der Waals surface area contributed by atoms with Crippen LogP contribution in [0, 0.1) is 13.8 Å². The summed E-state index contributed by atoms with van der Waals surface area (Å²) in [7, 11) is 0. The quantitative estimate of drug-likeness (QED) is 0.808. The van der Waals surface area contributed by atoms with Crippen molar-refractivity contribution in [3.05, 3.63) is 63.6 Å². The number of aryl methyl sites for hydroxylation is 2. The largest absolute Gasteiger partial charge is 0.455 e. The van der Waals surface area contributed by atoms with E-state index in [0.717, 1.165) is 15.6 Å². The van der Waals surface area contributed by atoms with Gasteiger partial charge in [-0.2, -0.15) is 0 Å². The molecule has 0 aliphatic heterocycles. The first kappa shape index (κ1) is 17.2. The highest BCUT2D eigenvalue weighted by atomic mass is 79.9. The van der Waals surface area contributed by atoms with Gasteiger partial charge in [0.2, 0.25) is 0 Å². The van der Waals surface area contributed by atoms with Crippen molar-refractivity contribution in [2.75, 3.05) is 11.9 Å². The summed E-state index contributed by atoms with van der Waals surface area (Å²) in [4.78, 5) is 23.6. The molecule has 2 aromatic rings. The molecular formula is C18H18BrNO3. The summed E-state index contributed by atoms with van der Waals surface area (Å²) >= 11 is 3.33. The summed E-state index contributed by atoms with van der Waals surface area (Å²) < 4.78 is 5.88. The lowest BCUT2D eigenvalue weighted by Gasteiger charge is -2.08. The van der Waals surface area contributed by atoms with Gasteiger partial charge in [0.15, 0.2) is 6.61 Å². The molecule has 23 heavy (non-hydrogen) atoms. The molecule has 120 valence electrons. The second kappa shape index (κ2) is 7.92. The summed E-state index contributed by atoms with van der Waals surface area (Å²) in [5.41, 5.74) is 3.83. The van der Waals surface area contributed by atoms with Crippen molar-refractivity contribution in [3.8, 4) is 0 Å². The number of nitrogens with one attached hydrogen (secondary N) is 1. The maximum atomic E-state index is 11.8. The number of anilines is 1. The fraction of sp³-hybridized carbons (Fsp3) is 0.222. The Labute approximate surface area is 144 Å². The fourth-order valence-electron chi connectivity index (χ4n) is 2.04. The number of carbonyl (C=O) groups excluding carboxylic acids is 2. The van der Waals surface area contributed by atoms with E-state index in [0.29, 0.717) is 5.69 Å². The second-order valence-electron chi connectivity index (χ2n) is 5.31. The SMILES string of the molecule is Cc1ccc(CC(=O)OCC(=O)Nc2cccc(Br)c2)cc1C. The van der Waals surface area contributed by atoms with Gasteiger partial charge < -0.3 is 10.1 Å². The Hall–Kier alpha value is -2.14. The highest BCUT2D eigenvalue weighted by molar-refractivity contribution is 9.10. The van der Waals surface area contributed by atoms with E-state index in [9.17, 15) is 9.59 Å². The Morgan fingerprint density at radius 2 is 1.87 bits per heavy atom. The Kier molecular flexibility index (Phi) is 5.93. The zero-order valence-electron chi connectivity index (χ0n) is 13.1. The lowest BCUT2D eigenvalue weighted by atomic mass is 10.0. The van der Waals surface area contributed by atoms with Crippen LogP contribution in [0.5, 0.6) is 0 Å². The van der Waals surface area contributed by atoms with Crippen molar-refractivity contribution in [2.24, 2.45) is 0 Å². The topological polar surface area (TPSA) is 55.4 Å². The van der Waals surface area contributed by atoms with Gasteiger partial charge in [-0.15, -0.1) is 0 Å². The summed E-state index contributed by atoms with van der Waals surface area (Å²) in [6.45, 7) is 3.72. The zero-order valence-corrected chi connectivity index (χ0v) is 14.6. The van der Waals surface area contributed by atoms with Gasteiger partial charge in [0.1, 0.15) is 0 Å². The maximum Gasteiger partial charge on any atom is 0.310 e. The molecule has 2 aromatic carbocycles. The molecule has 5 heteroatoms. The fourth-order valence-corrected chi connectivity index (χ4v) is 2.44. The molecule has 0 spiro atoms. The van der Waals surface area contributed by atoms with Gasteiger partial charge in [-0.3, -0.25) is 9.59 Å². The molecule has 0 heterocycles. The van der Waals surface area contributed by atoms with Crippen LogP contribution in [-0.4, -0.2) is 18.5 Å². The molecule has 0 unspecified atom stereocenters. The minimum absolute atomic E-state index is 0.158. The van der Waals surface area contributed by atoms with E-state index >= 15 is 0 Å². The number of carbonyl (C=O) groups is 2. The van der Waals surface area contributed by atoms with Crippen molar-refractivity contribution < 1.29 is 14.3 Å². The van der Waals surface area contributed by atoms with E-state index in [2.05, 4.69) is 21.2 Å². The van der Waals surface area contributed by atoms with Gasteiger partial charge in [-0.25, -0.2) is 0 Å². The minimum Gasteiger partial charge on any atom is -0.455 e. The van der Waals surface area contributed by atoms with Crippen LogP contribution in [0.2, 0.25) is 0 Å². The van der Waals surface area contributed by atoms with Crippen LogP contribution >= 0.6 is 15.9 Å². The van der Waals surface area contributed by atoms with E-state index in [1.807, 2.05) is 44.2 Å². The zero-order chi connectivity index (χ0) is 16.8. The lowest BCUT2D eigenvalue weighted by molar-refractivity contribution is -0.146. The molecule has 0 atom stereocenters. The van der Waals surface area contributed by atoms with E-state index in [4.69, 9.17) is 4.74 Å². The van der Waals surface area contributed by atoms with Crippen LogP contribution in [0.25, 0.3) is 0 Å². The molecule has 0 fully saturated rings. The summed E-state index contributed by atoms with van der Waals surface area (Å²) in [5, 5.41) is 2.67. The van der Waals surface area contributed by atoms with Gasteiger partial charge in [0.05, 0.1) is 6.42 Å². The molecule has 0 saturated carbocycles. The number of hydrogen-bond acceptors (Lipinski definition) is 3. The molecular weight excluding hydrogens is 358 g/mol. The average molecular weight is 376 g/mol. The Morgan fingerprint density at radius 3 is 2.57 bits per heavy atom. The predicted octanol–water partition coefficient (Wildman–Crippen LogP) is 3.79. The van der Waals surface area contributed by atoms with Crippen molar-refractivity contribution >= 4 is 33.5 Å². The number of benzene rings is 2. The summed E-state index contributed by atoms with van der Waals surface area (Å²) in [6.07, 6.45) is 0.158. The standard InChI is InChI=1S/C18H18BrNO3/c1-12-6-7-14(8-13(12)2)9-18(22)23-11-17(21)20-16-5-3-4-15(19)10-16/h3-8,10H,9,11H2,1-2H3,(H,20,21). The molecule has 1 amide bonds. The summed E-state index contributed by atoms with van der Waals surface area (Å²) in [5.74, 6) is -0.783. The Morgan fingerprint density at radius 1 is 1.09 bits per heavy atom. The number of hydrogen-bond donors (Lipinski definition) is 1. The third-order valence-electron chi connectivity index (χ3n) is 3.39. The second-order valence-corrected chi connectivity index (χ2v) is 6.23. The first-order chi connectivity index (χ1) is 10.9. The Balaban J connectivity index is 1.81. The van der Waals surface area contributed by atoms with Crippen LogP contribution < -0.4 is 5.32 Å². The van der Waals surface area contributed by atoms with Crippen LogP contribution in [0.3, 0.4) is 0 Å². The number of amides is 1. The molecule has 0 aliphatic carbocycles. The van der Waals surface area contributed by atoms with Crippen LogP contribution in [0.15, 0.2) is 46.9 Å². The van der Waals surface area contributed by atoms with E-state index in [-0.39, 0.29) is 18.9 Å². The van der Waals surface area contributed by atoms with Crippen molar-refractivity contribution in [1.29, 1.82) is 0 Å². The van der Waals surface area contributed by atoms with Crippen LogP contribution in [0.4, 0.5) is 5.69 Å². The van der Waals surface area contributed by atoms with Gasteiger partial charge in [0, 0.05) is 10.2 Å². The average Bonchev–Trinajstić information content (AvgIpc) is 2.49. The molecule has 0 aliphatic rings. The highest BCUT2D eigenvalue weighted by Gasteiger charge is 2.09. The van der Waals surface area contributed by atoms with E-state index < -0.39 is 5.97 Å². The van der Waals surface area contributed by atoms with Gasteiger partial charge in [-0.1, -0.05) is 40.2 Å². The van der Waals surface area contributed by atoms with Crippen molar-refractivity contribution in [2.45, 2.75) is 20.3 Å².